The van der Waals surface area contributed by atoms with Crippen molar-refractivity contribution in [2.45, 2.75) is 19.9 Å². The van der Waals surface area contributed by atoms with E-state index in [1.807, 2.05) is 0 Å². The number of carbonyl (C=O) groups excluding carboxylic acids is 1. The summed E-state index contributed by atoms with van der Waals surface area (Å²) in [5.41, 5.74) is -0.586. The summed E-state index contributed by atoms with van der Waals surface area (Å²) in [6, 6.07) is 0.106. The van der Waals surface area contributed by atoms with Gasteiger partial charge < -0.3 is 15.2 Å². The molecule has 0 aromatic carbocycles. The van der Waals surface area contributed by atoms with Crippen LogP contribution in [0.25, 0.3) is 0 Å². The minimum atomic E-state index is -1.21. The quantitative estimate of drug-likeness (QED) is 0.464. The molecule has 9 nitrogen and oxygen atoms in total. The van der Waals surface area contributed by atoms with E-state index in [-0.39, 0.29) is 11.4 Å². The highest BCUT2D eigenvalue weighted by atomic mass is 16.6. The van der Waals surface area contributed by atoms with E-state index in [1.165, 1.54) is 19.9 Å². The zero-order valence-electron chi connectivity index (χ0n) is 11.0. The topological polar surface area (TPSA) is 132 Å². The van der Waals surface area contributed by atoms with Gasteiger partial charge in [0.25, 0.3) is 0 Å². The Kier molecular flexibility index (Phi) is 4.57. The Balaban J connectivity index is 3.42. The summed E-state index contributed by atoms with van der Waals surface area (Å²) in [6.07, 6.45) is 0. The molecule has 0 aliphatic heterocycles. The smallest absolute Gasteiger partial charge is 0.345 e. The Morgan fingerprint density at radius 1 is 1.55 bits per heavy atom. The van der Waals surface area contributed by atoms with E-state index in [9.17, 15) is 19.7 Å². The van der Waals surface area contributed by atoms with E-state index in [4.69, 9.17) is 5.11 Å². The van der Waals surface area contributed by atoms with Crippen LogP contribution in [0.2, 0.25) is 0 Å². The van der Waals surface area contributed by atoms with Gasteiger partial charge in [-0.1, -0.05) is 0 Å². The Morgan fingerprint density at radius 2 is 2.15 bits per heavy atom. The summed E-state index contributed by atoms with van der Waals surface area (Å²) >= 11 is 0. The number of rotatable bonds is 5. The lowest BCUT2D eigenvalue weighted by atomic mass is 10.1. The number of ether oxygens (including phenoxy) is 1. The first-order chi connectivity index (χ1) is 9.27. The van der Waals surface area contributed by atoms with Gasteiger partial charge in [0.2, 0.25) is 5.82 Å². The van der Waals surface area contributed by atoms with Gasteiger partial charge in [0.05, 0.1) is 12.0 Å². The van der Waals surface area contributed by atoms with Crippen LogP contribution in [-0.4, -0.2) is 40.1 Å². The number of hydrogen-bond acceptors (Lipinski definition) is 7. The molecular formula is C11H13N3O6. The van der Waals surface area contributed by atoms with Crippen molar-refractivity contribution in [3.63, 3.8) is 0 Å². The standard InChI is InChI=1S/C11H13N3O6/c1-5-4-7(11(17)20-3)8(14(18)19)9(12-5)13-6(2)10(15)16/h4,6H,1-3H3,(H,12,13)(H,15,16)/t6-/m0/s1. The van der Waals surface area contributed by atoms with Crippen LogP contribution < -0.4 is 5.32 Å². The van der Waals surface area contributed by atoms with Crippen molar-refractivity contribution in [2.24, 2.45) is 0 Å². The van der Waals surface area contributed by atoms with E-state index in [0.29, 0.717) is 5.69 Å². The molecule has 0 radical (unpaired) electrons. The second-order valence-corrected chi connectivity index (χ2v) is 3.96. The van der Waals surface area contributed by atoms with Crippen molar-refractivity contribution in [1.82, 2.24) is 4.98 Å². The van der Waals surface area contributed by atoms with Gasteiger partial charge in [-0.3, -0.25) is 14.9 Å². The van der Waals surface area contributed by atoms with Crippen LogP contribution in [0.4, 0.5) is 11.5 Å². The molecule has 1 rings (SSSR count). The molecule has 0 aliphatic carbocycles. The minimum Gasteiger partial charge on any atom is -0.480 e. The second-order valence-electron chi connectivity index (χ2n) is 3.96. The fraction of sp³-hybridized carbons (Fsp3) is 0.364. The number of nitrogens with zero attached hydrogens (tertiary/aromatic N) is 2. The normalized spacial score (nSPS) is 11.6. The minimum absolute atomic E-state index is 0.287. The van der Waals surface area contributed by atoms with Crippen LogP contribution >= 0.6 is 0 Å². The molecule has 0 aliphatic rings. The summed E-state index contributed by atoms with van der Waals surface area (Å²) in [7, 11) is 1.09. The molecule has 9 heteroatoms. The van der Waals surface area contributed by atoms with Crippen LogP contribution in [-0.2, 0) is 9.53 Å². The van der Waals surface area contributed by atoms with Crippen LogP contribution in [0.15, 0.2) is 6.07 Å². The summed E-state index contributed by atoms with van der Waals surface area (Å²) in [5.74, 6) is -2.39. The molecule has 0 fully saturated rings. The number of nitrogens with one attached hydrogen (secondary N) is 1. The van der Waals surface area contributed by atoms with Crippen molar-refractivity contribution in [1.29, 1.82) is 0 Å². The number of carboxylic acids is 1. The zero-order chi connectivity index (χ0) is 15.4. The Bertz CT molecular complexity index is 572. The van der Waals surface area contributed by atoms with Crippen molar-refractivity contribution < 1.29 is 24.4 Å². The van der Waals surface area contributed by atoms with Gasteiger partial charge >= 0.3 is 17.6 Å². The first-order valence-electron chi connectivity index (χ1n) is 5.51. The maximum Gasteiger partial charge on any atom is 0.345 e. The van der Waals surface area contributed by atoms with E-state index < -0.39 is 28.6 Å². The highest BCUT2D eigenvalue weighted by Crippen LogP contribution is 2.28. The van der Waals surface area contributed by atoms with Gasteiger partial charge in [-0.2, -0.15) is 0 Å². The van der Waals surface area contributed by atoms with Crippen molar-refractivity contribution in [3.8, 4) is 0 Å². The summed E-state index contributed by atoms with van der Waals surface area (Å²) in [4.78, 5) is 36.5. The van der Waals surface area contributed by atoms with Gasteiger partial charge in [0.1, 0.15) is 11.6 Å². The largest absolute Gasteiger partial charge is 0.480 e. The van der Waals surface area contributed by atoms with Gasteiger partial charge in [-0.25, -0.2) is 9.78 Å². The van der Waals surface area contributed by atoms with Crippen LogP contribution in [0.3, 0.4) is 0 Å². The lowest BCUT2D eigenvalue weighted by Crippen LogP contribution is -2.27. The number of carboxylic acid groups (broad SMARTS) is 1. The molecular weight excluding hydrogens is 270 g/mol. The van der Waals surface area contributed by atoms with Crippen LogP contribution in [0.5, 0.6) is 0 Å². The monoisotopic (exact) mass is 283 g/mol. The molecule has 108 valence electrons. The van der Waals surface area contributed by atoms with E-state index in [0.717, 1.165) is 7.11 Å². The predicted octanol–water partition coefficient (Wildman–Crippen LogP) is 0.970. The molecule has 2 N–H and O–H groups in total. The predicted molar refractivity (Wildman–Crippen MR) is 67.7 cm³/mol. The molecule has 0 unspecified atom stereocenters. The fourth-order valence-electron chi connectivity index (χ4n) is 1.48. The summed E-state index contributed by atoms with van der Waals surface area (Å²) in [5, 5.41) is 22.3. The summed E-state index contributed by atoms with van der Waals surface area (Å²) < 4.78 is 4.47. The highest BCUT2D eigenvalue weighted by Gasteiger charge is 2.29. The number of carbonyl (C=O) groups is 2. The number of aryl methyl sites for hydroxylation is 1. The summed E-state index contributed by atoms with van der Waals surface area (Å²) in [6.45, 7) is 2.82. The average molecular weight is 283 g/mol. The van der Waals surface area contributed by atoms with Crippen molar-refractivity contribution in [3.05, 3.63) is 27.4 Å². The molecule has 0 amide bonds. The fourth-order valence-corrected chi connectivity index (χ4v) is 1.48. The number of aliphatic carboxylic acids is 1. The number of methoxy groups -OCH3 is 1. The molecule has 0 bridgehead atoms. The molecule has 20 heavy (non-hydrogen) atoms. The number of hydrogen-bond donors (Lipinski definition) is 2. The number of nitro groups is 1. The number of esters is 1. The average Bonchev–Trinajstić information content (AvgIpc) is 2.36. The number of aromatic nitrogens is 1. The zero-order valence-corrected chi connectivity index (χ0v) is 11.0. The lowest BCUT2D eigenvalue weighted by Gasteiger charge is -2.12. The molecule has 0 saturated heterocycles. The van der Waals surface area contributed by atoms with Crippen molar-refractivity contribution in [2.75, 3.05) is 12.4 Å². The Hall–Kier alpha value is -2.71. The first-order valence-corrected chi connectivity index (χ1v) is 5.51. The first kappa shape index (κ1) is 15.3. The van der Waals surface area contributed by atoms with Crippen molar-refractivity contribution >= 4 is 23.4 Å². The van der Waals surface area contributed by atoms with Gasteiger partial charge in [-0.05, 0) is 19.9 Å². The highest BCUT2D eigenvalue weighted by molar-refractivity contribution is 5.96. The van der Waals surface area contributed by atoms with Crippen LogP contribution in [0, 0.1) is 17.0 Å². The van der Waals surface area contributed by atoms with Gasteiger partial charge in [0, 0.05) is 5.69 Å². The Labute approximate surface area is 113 Å². The Morgan fingerprint density at radius 3 is 2.60 bits per heavy atom. The van der Waals surface area contributed by atoms with Gasteiger partial charge in [0.15, 0.2) is 0 Å². The molecule has 0 spiro atoms. The lowest BCUT2D eigenvalue weighted by molar-refractivity contribution is -0.384. The molecule has 1 atom stereocenters. The maximum atomic E-state index is 11.6. The molecule has 0 saturated carbocycles. The van der Waals surface area contributed by atoms with Crippen LogP contribution in [0.1, 0.15) is 23.0 Å². The molecule has 1 heterocycles. The van der Waals surface area contributed by atoms with E-state index in [2.05, 4.69) is 15.0 Å². The number of pyridine rings is 1. The third kappa shape index (κ3) is 3.19. The van der Waals surface area contributed by atoms with E-state index >= 15 is 0 Å². The van der Waals surface area contributed by atoms with E-state index in [1.54, 1.807) is 0 Å². The maximum absolute atomic E-state index is 11.6. The second kappa shape index (κ2) is 5.95. The number of anilines is 1. The third-order valence-corrected chi connectivity index (χ3v) is 2.43. The third-order valence-electron chi connectivity index (χ3n) is 2.43. The van der Waals surface area contributed by atoms with Gasteiger partial charge in [-0.15, -0.1) is 0 Å². The SMILES string of the molecule is COC(=O)c1cc(C)nc(N[C@@H](C)C(=O)O)c1[N+](=O)[O-]. The molecule has 1 aromatic heterocycles. The molecule has 1 aromatic rings.